The average molecular weight is 107 g/mol. The molecule has 0 aliphatic carbocycles. The number of nitriles is 2. The van der Waals surface area contributed by atoms with E-state index in [-0.39, 0.29) is 12.2 Å². The van der Waals surface area contributed by atoms with Gasteiger partial charge in [0.2, 0.25) is 0 Å². The quantitative estimate of drug-likeness (QED) is 0.403. The summed E-state index contributed by atoms with van der Waals surface area (Å²) in [6, 6.07) is 3.55. The summed E-state index contributed by atoms with van der Waals surface area (Å²) >= 11 is 0. The summed E-state index contributed by atoms with van der Waals surface area (Å²) in [6.07, 6.45) is 0. The van der Waals surface area contributed by atoms with Gasteiger partial charge in [0.15, 0.2) is 0 Å². The number of hydrogen-bond acceptors (Lipinski definition) is 3. The van der Waals surface area contributed by atoms with Crippen molar-refractivity contribution >= 4 is 0 Å². The second kappa shape index (κ2) is 3.70. The van der Waals surface area contributed by atoms with Crippen molar-refractivity contribution in [2.75, 3.05) is 6.54 Å². The van der Waals surface area contributed by atoms with Crippen LogP contribution in [0.4, 0.5) is 0 Å². The van der Waals surface area contributed by atoms with Crippen LogP contribution in [0, 0.1) is 22.7 Å². The molecule has 3 nitrogen and oxygen atoms in total. The monoisotopic (exact) mass is 107 g/mol. The lowest BCUT2D eigenvalue weighted by atomic mass is 10.5. The Hall–Kier alpha value is -1.48. The van der Waals surface area contributed by atoms with Gasteiger partial charge < -0.3 is 5.32 Å². The molecule has 0 unspecified atom stereocenters. The minimum absolute atomic E-state index is 0.145. The van der Waals surface area contributed by atoms with Crippen LogP contribution < -0.4 is 5.32 Å². The molecule has 0 rings (SSSR count). The van der Waals surface area contributed by atoms with E-state index in [1.807, 2.05) is 6.07 Å². The molecule has 8 heavy (non-hydrogen) atoms. The minimum Gasteiger partial charge on any atom is -0.364 e. The smallest absolute Gasteiger partial charge is 0.116 e. The van der Waals surface area contributed by atoms with Gasteiger partial charge in [0.1, 0.15) is 18.3 Å². The lowest BCUT2D eigenvalue weighted by molar-refractivity contribution is 0.952. The topological polar surface area (TPSA) is 59.6 Å². The van der Waals surface area contributed by atoms with Crippen molar-refractivity contribution in [3.8, 4) is 12.1 Å². The van der Waals surface area contributed by atoms with Crippen LogP contribution >= 0.6 is 0 Å². The van der Waals surface area contributed by atoms with Gasteiger partial charge in [-0.15, -0.1) is 0 Å². The molecule has 0 bridgehead atoms. The van der Waals surface area contributed by atoms with Gasteiger partial charge in [-0.3, -0.25) is 0 Å². The zero-order chi connectivity index (χ0) is 6.41. The predicted octanol–water partition coefficient (Wildman–Crippen LogP) is 0.137. The summed E-state index contributed by atoms with van der Waals surface area (Å²) in [7, 11) is 0. The Labute approximate surface area is 47.8 Å². The van der Waals surface area contributed by atoms with Crippen LogP contribution in [0.5, 0.6) is 0 Å². The third kappa shape index (κ3) is 2.74. The molecule has 0 saturated heterocycles. The molecule has 0 atom stereocenters. The van der Waals surface area contributed by atoms with Crippen LogP contribution in [0.3, 0.4) is 0 Å². The van der Waals surface area contributed by atoms with E-state index in [1.165, 1.54) is 0 Å². The zero-order valence-corrected chi connectivity index (χ0v) is 4.31. The van der Waals surface area contributed by atoms with Crippen LogP contribution in [-0.2, 0) is 0 Å². The van der Waals surface area contributed by atoms with E-state index in [9.17, 15) is 0 Å². The van der Waals surface area contributed by atoms with Crippen LogP contribution in [-0.4, -0.2) is 6.54 Å². The van der Waals surface area contributed by atoms with E-state index >= 15 is 0 Å². The highest BCUT2D eigenvalue weighted by molar-refractivity contribution is 5.13. The highest BCUT2D eigenvalue weighted by atomic mass is 14.9. The molecule has 40 valence electrons. The van der Waals surface area contributed by atoms with Crippen molar-refractivity contribution in [1.82, 2.24) is 5.32 Å². The molecule has 0 aliphatic rings. The third-order valence-corrected chi connectivity index (χ3v) is 0.516. The Morgan fingerprint density at radius 3 is 2.62 bits per heavy atom. The summed E-state index contributed by atoms with van der Waals surface area (Å²) in [4.78, 5) is 0. The van der Waals surface area contributed by atoms with E-state index in [1.54, 1.807) is 6.07 Å². The summed E-state index contributed by atoms with van der Waals surface area (Å²) < 4.78 is 0. The van der Waals surface area contributed by atoms with E-state index in [2.05, 4.69) is 11.9 Å². The maximum Gasteiger partial charge on any atom is 0.116 e. The zero-order valence-electron chi connectivity index (χ0n) is 4.31. The molecule has 0 spiro atoms. The second-order valence-corrected chi connectivity index (χ2v) is 1.10. The normalized spacial score (nSPS) is 6.25. The number of nitrogens with zero attached hydrogens (tertiary/aromatic N) is 2. The first-order chi connectivity index (χ1) is 3.81. The van der Waals surface area contributed by atoms with E-state index in [4.69, 9.17) is 10.5 Å². The highest BCUT2D eigenvalue weighted by Gasteiger charge is 1.82. The molecule has 0 aliphatic heterocycles. The van der Waals surface area contributed by atoms with Gasteiger partial charge in [0, 0.05) is 0 Å². The fourth-order valence-corrected chi connectivity index (χ4v) is 0.186. The molecule has 0 fully saturated rings. The maximum absolute atomic E-state index is 8.04. The first-order valence-electron chi connectivity index (χ1n) is 2.01. The number of hydrogen-bond donors (Lipinski definition) is 1. The van der Waals surface area contributed by atoms with Gasteiger partial charge in [-0.1, -0.05) is 6.58 Å². The van der Waals surface area contributed by atoms with Gasteiger partial charge in [-0.2, -0.15) is 10.5 Å². The van der Waals surface area contributed by atoms with Crippen LogP contribution in [0.2, 0.25) is 0 Å². The molecule has 0 aromatic heterocycles. The molecule has 0 aromatic rings. The Morgan fingerprint density at radius 1 is 1.62 bits per heavy atom. The van der Waals surface area contributed by atoms with Crippen LogP contribution in [0.15, 0.2) is 12.3 Å². The van der Waals surface area contributed by atoms with Gasteiger partial charge >= 0.3 is 0 Å². The van der Waals surface area contributed by atoms with Gasteiger partial charge in [0.25, 0.3) is 0 Å². The molecular formula is C5H5N3. The van der Waals surface area contributed by atoms with Crippen molar-refractivity contribution in [3.63, 3.8) is 0 Å². The first-order valence-corrected chi connectivity index (χ1v) is 2.01. The lowest BCUT2D eigenvalue weighted by Crippen LogP contribution is -2.10. The van der Waals surface area contributed by atoms with Crippen molar-refractivity contribution in [3.05, 3.63) is 12.3 Å². The molecule has 0 amide bonds. The third-order valence-electron chi connectivity index (χ3n) is 0.516. The Bertz CT molecular complexity index is 157. The predicted molar refractivity (Wildman–Crippen MR) is 28.4 cm³/mol. The maximum atomic E-state index is 8.04. The number of nitrogens with one attached hydrogen (secondary N) is 1. The molecule has 0 heterocycles. The summed E-state index contributed by atoms with van der Waals surface area (Å²) in [6.45, 7) is 3.43. The first kappa shape index (κ1) is 6.52. The molecule has 0 aromatic carbocycles. The molecule has 1 N–H and O–H groups in total. The average Bonchev–Trinajstić information content (AvgIpc) is 1.83. The largest absolute Gasteiger partial charge is 0.364 e. The Kier molecular flexibility index (Phi) is 3.02. The molecular weight excluding hydrogens is 102 g/mol. The van der Waals surface area contributed by atoms with Gasteiger partial charge in [-0.05, 0) is 0 Å². The molecule has 0 radical (unpaired) electrons. The van der Waals surface area contributed by atoms with E-state index in [0.717, 1.165) is 0 Å². The standard InChI is InChI=1S/C5H5N3/c1-5(4-7)8-3-2-6/h8H,1,3H2. The summed E-state index contributed by atoms with van der Waals surface area (Å²) in [5.41, 5.74) is 0.228. The minimum atomic E-state index is 0.145. The fourth-order valence-electron chi connectivity index (χ4n) is 0.186. The second-order valence-electron chi connectivity index (χ2n) is 1.10. The number of allylic oxidation sites excluding steroid dienone is 1. The van der Waals surface area contributed by atoms with Crippen molar-refractivity contribution in [2.24, 2.45) is 0 Å². The Morgan fingerprint density at radius 2 is 2.25 bits per heavy atom. The van der Waals surface area contributed by atoms with E-state index < -0.39 is 0 Å². The van der Waals surface area contributed by atoms with Gasteiger partial charge in [-0.25, -0.2) is 0 Å². The van der Waals surface area contributed by atoms with Crippen molar-refractivity contribution < 1.29 is 0 Å². The fraction of sp³-hybridized carbons (Fsp3) is 0.200. The SMILES string of the molecule is C=C(C#N)NCC#N. The summed E-state index contributed by atoms with van der Waals surface area (Å²) in [5.74, 6) is 0. The van der Waals surface area contributed by atoms with E-state index in [0.29, 0.717) is 0 Å². The lowest BCUT2D eigenvalue weighted by Gasteiger charge is -1.90. The Balaban J connectivity index is 3.33. The van der Waals surface area contributed by atoms with Crippen molar-refractivity contribution in [2.45, 2.75) is 0 Å². The molecule has 0 saturated carbocycles. The van der Waals surface area contributed by atoms with Crippen LogP contribution in [0.1, 0.15) is 0 Å². The van der Waals surface area contributed by atoms with Gasteiger partial charge in [0.05, 0.1) is 6.07 Å². The highest BCUT2D eigenvalue weighted by Crippen LogP contribution is 1.73. The number of rotatable bonds is 2. The van der Waals surface area contributed by atoms with Crippen molar-refractivity contribution in [1.29, 1.82) is 10.5 Å². The molecule has 3 heteroatoms. The van der Waals surface area contributed by atoms with Crippen LogP contribution in [0.25, 0.3) is 0 Å². The summed E-state index contributed by atoms with van der Waals surface area (Å²) in [5, 5.41) is 18.5.